The van der Waals surface area contributed by atoms with Gasteiger partial charge in [0.2, 0.25) is 5.91 Å². The van der Waals surface area contributed by atoms with Gasteiger partial charge in [-0.05, 0) is 25.7 Å². The van der Waals surface area contributed by atoms with E-state index < -0.39 is 41.8 Å². The highest BCUT2D eigenvalue weighted by Gasteiger charge is 2.47. The number of hydrogen-bond acceptors (Lipinski definition) is 2. The number of carbonyl (C=O) groups is 2. The molecule has 1 amide bonds. The van der Waals surface area contributed by atoms with Crippen molar-refractivity contribution in [2.75, 3.05) is 0 Å². The largest absolute Gasteiger partial charge is 0.481 e. The first-order valence-electron chi connectivity index (χ1n) is 7.40. The van der Waals surface area contributed by atoms with Crippen LogP contribution >= 0.6 is 0 Å². The zero-order chi connectivity index (χ0) is 15.6. The third kappa shape index (κ3) is 3.68. The summed E-state index contributed by atoms with van der Waals surface area (Å²) in [7, 11) is 0. The predicted octanol–water partition coefficient (Wildman–Crippen LogP) is 2.72. The molecule has 2 saturated carbocycles. The quantitative estimate of drug-likeness (QED) is 0.842. The third-order valence-electron chi connectivity index (χ3n) is 4.68. The molecule has 0 bridgehead atoms. The SMILES string of the molecule is O=C(O)[C@H]1CCC[C@H]1C(=O)NC1CCCCC1C(F)(F)F. The topological polar surface area (TPSA) is 66.4 Å². The lowest BCUT2D eigenvalue weighted by Crippen LogP contribution is -2.50. The molecule has 7 heteroatoms. The Labute approximate surface area is 121 Å². The van der Waals surface area contributed by atoms with Crippen LogP contribution in [-0.4, -0.2) is 29.2 Å². The molecule has 4 nitrogen and oxygen atoms in total. The monoisotopic (exact) mass is 307 g/mol. The Morgan fingerprint density at radius 2 is 1.57 bits per heavy atom. The number of carboxylic acid groups (broad SMARTS) is 1. The van der Waals surface area contributed by atoms with Crippen molar-refractivity contribution in [2.24, 2.45) is 17.8 Å². The molecule has 2 aliphatic rings. The van der Waals surface area contributed by atoms with Gasteiger partial charge in [-0.1, -0.05) is 19.3 Å². The first-order chi connectivity index (χ1) is 9.80. The normalized spacial score (nSPS) is 33.7. The van der Waals surface area contributed by atoms with Crippen LogP contribution in [-0.2, 0) is 9.59 Å². The average Bonchev–Trinajstić information content (AvgIpc) is 2.87. The lowest BCUT2D eigenvalue weighted by Gasteiger charge is -2.34. The van der Waals surface area contributed by atoms with E-state index in [4.69, 9.17) is 5.11 Å². The smallest absolute Gasteiger partial charge is 0.393 e. The van der Waals surface area contributed by atoms with Gasteiger partial charge in [0.15, 0.2) is 0 Å². The molecule has 0 radical (unpaired) electrons. The van der Waals surface area contributed by atoms with Crippen LogP contribution in [0.15, 0.2) is 0 Å². The van der Waals surface area contributed by atoms with Gasteiger partial charge in [-0.2, -0.15) is 13.2 Å². The fourth-order valence-electron chi connectivity index (χ4n) is 3.55. The molecule has 120 valence electrons. The van der Waals surface area contributed by atoms with E-state index in [2.05, 4.69) is 5.32 Å². The number of hydrogen-bond donors (Lipinski definition) is 2. The Hall–Kier alpha value is -1.27. The number of halogens is 3. The van der Waals surface area contributed by atoms with Gasteiger partial charge in [0.1, 0.15) is 0 Å². The molecule has 2 rings (SSSR count). The van der Waals surface area contributed by atoms with Crippen LogP contribution in [0.5, 0.6) is 0 Å². The molecule has 21 heavy (non-hydrogen) atoms. The van der Waals surface area contributed by atoms with Gasteiger partial charge in [-0.15, -0.1) is 0 Å². The highest BCUT2D eigenvalue weighted by molar-refractivity contribution is 5.85. The Balaban J connectivity index is 2.02. The maximum Gasteiger partial charge on any atom is 0.393 e. The number of alkyl halides is 3. The molecule has 0 heterocycles. The lowest BCUT2D eigenvalue weighted by molar-refractivity contribution is -0.189. The summed E-state index contributed by atoms with van der Waals surface area (Å²) in [5.41, 5.74) is 0. The number of rotatable bonds is 3. The van der Waals surface area contributed by atoms with Crippen molar-refractivity contribution in [3.8, 4) is 0 Å². The second kappa shape index (κ2) is 6.23. The number of carbonyl (C=O) groups excluding carboxylic acids is 1. The number of aliphatic carboxylic acids is 1. The van der Waals surface area contributed by atoms with E-state index in [-0.39, 0.29) is 6.42 Å². The Bertz CT molecular complexity index is 411. The van der Waals surface area contributed by atoms with Crippen LogP contribution in [0.25, 0.3) is 0 Å². The van der Waals surface area contributed by atoms with Gasteiger partial charge >= 0.3 is 12.1 Å². The molecular weight excluding hydrogens is 287 g/mol. The maximum absolute atomic E-state index is 13.0. The van der Waals surface area contributed by atoms with Crippen LogP contribution in [0.2, 0.25) is 0 Å². The van der Waals surface area contributed by atoms with Crippen molar-refractivity contribution >= 4 is 11.9 Å². The fourth-order valence-corrected chi connectivity index (χ4v) is 3.55. The molecule has 0 aromatic heterocycles. The summed E-state index contributed by atoms with van der Waals surface area (Å²) in [6, 6.07) is -0.915. The molecule has 0 aromatic rings. The van der Waals surface area contributed by atoms with Crippen molar-refractivity contribution in [3.63, 3.8) is 0 Å². The number of amides is 1. The highest BCUT2D eigenvalue weighted by atomic mass is 19.4. The highest BCUT2D eigenvalue weighted by Crippen LogP contribution is 2.38. The van der Waals surface area contributed by atoms with E-state index >= 15 is 0 Å². The second-order valence-corrected chi connectivity index (χ2v) is 6.03. The van der Waals surface area contributed by atoms with Crippen LogP contribution in [0.4, 0.5) is 13.2 Å². The third-order valence-corrected chi connectivity index (χ3v) is 4.68. The van der Waals surface area contributed by atoms with Crippen molar-refractivity contribution < 1.29 is 27.9 Å². The summed E-state index contributed by atoms with van der Waals surface area (Å²) >= 11 is 0. The molecule has 0 spiro atoms. The van der Waals surface area contributed by atoms with Gasteiger partial charge in [0.05, 0.1) is 17.8 Å². The molecule has 2 aliphatic carbocycles. The van der Waals surface area contributed by atoms with E-state index in [1.807, 2.05) is 0 Å². The van der Waals surface area contributed by atoms with Crippen molar-refractivity contribution in [2.45, 2.75) is 57.2 Å². The summed E-state index contributed by atoms with van der Waals surface area (Å²) in [4.78, 5) is 23.2. The second-order valence-electron chi connectivity index (χ2n) is 6.03. The summed E-state index contributed by atoms with van der Waals surface area (Å²) in [5, 5.41) is 11.5. The molecule has 2 fully saturated rings. The molecule has 0 aliphatic heterocycles. The van der Waals surface area contributed by atoms with Crippen LogP contribution in [0.1, 0.15) is 44.9 Å². The van der Waals surface area contributed by atoms with E-state index in [0.717, 1.165) is 0 Å². The number of carboxylic acids is 1. The van der Waals surface area contributed by atoms with Gasteiger partial charge < -0.3 is 10.4 Å². The fraction of sp³-hybridized carbons (Fsp3) is 0.857. The first-order valence-corrected chi connectivity index (χ1v) is 7.40. The Morgan fingerprint density at radius 3 is 2.19 bits per heavy atom. The minimum atomic E-state index is -4.32. The number of nitrogens with one attached hydrogen (secondary N) is 1. The van der Waals surface area contributed by atoms with E-state index in [0.29, 0.717) is 38.5 Å². The zero-order valence-electron chi connectivity index (χ0n) is 11.7. The van der Waals surface area contributed by atoms with Crippen LogP contribution in [0, 0.1) is 17.8 Å². The zero-order valence-corrected chi connectivity index (χ0v) is 11.7. The Morgan fingerprint density at radius 1 is 0.952 bits per heavy atom. The van der Waals surface area contributed by atoms with Gasteiger partial charge in [0, 0.05) is 6.04 Å². The average molecular weight is 307 g/mol. The summed E-state index contributed by atoms with van der Waals surface area (Å²) in [6.07, 6.45) is -1.33. The lowest BCUT2D eigenvalue weighted by atomic mass is 9.83. The first kappa shape index (κ1) is 16.1. The van der Waals surface area contributed by atoms with Crippen molar-refractivity contribution in [3.05, 3.63) is 0 Å². The van der Waals surface area contributed by atoms with Crippen LogP contribution in [0.3, 0.4) is 0 Å². The summed E-state index contributed by atoms with van der Waals surface area (Å²) < 4.78 is 38.9. The molecule has 0 saturated heterocycles. The van der Waals surface area contributed by atoms with Gasteiger partial charge in [0.25, 0.3) is 0 Å². The van der Waals surface area contributed by atoms with Gasteiger partial charge in [-0.3, -0.25) is 9.59 Å². The van der Waals surface area contributed by atoms with Gasteiger partial charge in [-0.25, -0.2) is 0 Å². The molecular formula is C14H20F3NO3. The Kier molecular flexibility index (Phi) is 4.78. The standard InChI is InChI=1S/C14H20F3NO3/c15-14(16,17)10-6-1-2-7-11(10)18-12(19)8-4-3-5-9(8)13(20)21/h8-11H,1-7H2,(H,18,19)(H,20,21)/t8-,9+,10?,11?/m1/s1. The van der Waals surface area contributed by atoms with Crippen molar-refractivity contribution in [1.82, 2.24) is 5.32 Å². The van der Waals surface area contributed by atoms with Crippen LogP contribution < -0.4 is 5.32 Å². The molecule has 4 atom stereocenters. The van der Waals surface area contributed by atoms with E-state index in [1.165, 1.54) is 0 Å². The van der Waals surface area contributed by atoms with E-state index in [9.17, 15) is 22.8 Å². The predicted molar refractivity (Wildman–Crippen MR) is 68.4 cm³/mol. The van der Waals surface area contributed by atoms with E-state index in [1.54, 1.807) is 0 Å². The van der Waals surface area contributed by atoms with Crippen molar-refractivity contribution in [1.29, 1.82) is 0 Å². The molecule has 0 aromatic carbocycles. The molecule has 2 N–H and O–H groups in total. The molecule has 2 unspecified atom stereocenters. The minimum Gasteiger partial charge on any atom is -0.481 e. The summed E-state index contributed by atoms with van der Waals surface area (Å²) in [6.45, 7) is 0. The summed E-state index contributed by atoms with van der Waals surface area (Å²) in [5.74, 6) is -4.54. The maximum atomic E-state index is 13.0. The minimum absolute atomic E-state index is 0.0292.